The lowest BCUT2D eigenvalue weighted by Gasteiger charge is -2.31. The van der Waals surface area contributed by atoms with E-state index in [1.54, 1.807) is 24.0 Å². The molecule has 0 spiro atoms. The molecule has 28 heavy (non-hydrogen) atoms. The molecule has 2 aromatic carbocycles. The molecule has 0 aliphatic carbocycles. The second kappa shape index (κ2) is 7.80. The van der Waals surface area contributed by atoms with Gasteiger partial charge in [-0.1, -0.05) is 19.9 Å². The van der Waals surface area contributed by atoms with Crippen molar-refractivity contribution in [1.29, 1.82) is 0 Å². The van der Waals surface area contributed by atoms with Gasteiger partial charge in [0.25, 0.3) is 11.6 Å². The molecule has 0 radical (unpaired) electrons. The van der Waals surface area contributed by atoms with Crippen molar-refractivity contribution in [2.24, 2.45) is 5.92 Å². The van der Waals surface area contributed by atoms with Crippen molar-refractivity contribution in [3.05, 3.63) is 63.2 Å². The highest BCUT2D eigenvalue weighted by Gasteiger charge is 2.25. The Morgan fingerprint density at radius 1 is 1.25 bits per heavy atom. The number of hydrogen-bond donors (Lipinski definition) is 1. The predicted molar refractivity (Wildman–Crippen MR) is 108 cm³/mol. The molecule has 7 heteroatoms. The molecule has 3 rings (SSSR count). The molecule has 2 aromatic rings. The Bertz CT molecular complexity index is 953. The van der Waals surface area contributed by atoms with Gasteiger partial charge in [0.15, 0.2) is 0 Å². The van der Waals surface area contributed by atoms with Crippen LogP contribution in [0.3, 0.4) is 0 Å². The number of anilines is 2. The van der Waals surface area contributed by atoms with Crippen molar-refractivity contribution in [3.63, 3.8) is 0 Å². The van der Waals surface area contributed by atoms with Gasteiger partial charge in [0.05, 0.1) is 4.92 Å². The van der Waals surface area contributed by atoms with Gasteiger partial charge in [-0.3, -0.25) is 19.7 Å². The highest BCUT2D eigenvalue weighted by atomic mass is 16.6. The van der Waals surface area contributed by atoms with Crippen LogP contribution in [0.25, 0.3) is 0 Å². The number of hydrogen-bond acceptors (Lipinski definition) is 4. The van der Waals surface area contributed by atoms with Crippen molar-refractivity contribution in [2.75, 3.05) is 16.8 Å². The molecule has 0 fully saturated rings. The topological polar surface area (TPSA) is 92.6 Å². The van der Waals surface area contributed by atoms with Crippen molar-refractivity contribution >= 4 is 28.9 Å². The first kappa shape index (κ1) is 19.5. The Balaban J connectivity index is 1.85. The maximum absolute atomic E-state index is 12.6. The molecule has 0 aromatic heterocycles. The second-order valence-electron chi connectivity index (χ2n) is 7.40. The molecule has 1 N–H and O–H groups in total. The summed E-state index contributed by atoms with van der Waals surface area (Å²) in [4.78, 5) is 37.3. The maximum Gasteiger partial charge on any atom is 0.273 e. The zero-order valence-electron chi connectivity index (χ0n) is 16.2. The summed E-state index contributed by atoms with van der Waals surface area (Å²) in [7, 11) is 0. The summed E-state index contributed by atoms with van der Waals surface area (Å²) in [5, 5.41) is 13.9. The van der Waals surface area contributed by atoms with E-state index in [4.69, 9.17) is 0 Å². The zero-order valence-corrected chi connectivity index (χ0v) is 16.2. The van der Waals surface area contributed by atoms with E-state index in [9.17, 15) is 19.7 Å². The lowest BCUT2D eigenvalue weighted by molar-refractivity contribution is -0.385. The summed E-state index contributed by atoms with van der Waals surface area (Å²) in [6.45, 7) is 6.36. The van der Waals surface area contributed by atoms with Gasteiger partial charge >= 0.3 is 0 Å². The number of fused-ring (bicyclic) bond motifs is 1. The Morgan fingerprint density at radius 3 is 2.68 bits per heavy atom. The summed E-state index contributed by atoms with van der Waals surface area (Å²) in [6, 6.07) is 9.94. The molecule has 1 aliphatic rings. The van der Waals surface area contributed by atoms with Crippen LogP contribution in [-0.4, -0.2) is 23.3 Å². The number of aryl methyl sites for hydroxylation is 1. The van der Waals surface area contributed by atoms with E-state index in [0.29, 0.717) is 36.6 Å². The van der Waals surface area contributed by atoms with Gasteiger partial charge < -0.3 is 10.2 Å². The van der Waals surface area contributed by atoms with E-state index in [1.165, 1.54) is 12.1 Å². The molecule has 0 saturated carbocycles. The molecule has 1 aliphatic heterocycles. The number of amides is 2. The van der Waals surface area contributed by atoms with Crippen LogP contribution in [-0.2, 0) is 11.2 Å². The fourth-order valence-corrected chi connectivity index (χ4v) is 3.47. The fourth-order valence-electron chi connectivity index (χ4n) is 3.47. The Morgan fingerprint density at radius 2 is 2.00 bits per heavy atom. The minimum atomic E-state index is -0.495. The van der Waals surface area contributed by atoms with Crippen LogP contribution in [0.1, 0.15) is 41.8 Å². The number of carbonyl (C=O) groups excluding carboxylic acids is 2. The van der Waals surface area contributed by atoms with Gasteiger partial charge in [0, 0.05) is 41.5 Å². The summed E-state index contributed by atoms with van der Waals surface area (Å²) in [5.41, 5.74) is 3.01. The largest absolute Gasteiger partial charge is 0.322 e. The normalized spacial score (nSPS) is 13.4. The molecule has 0 saturated heterocycles. The molecular weight excluding hydrogens is 358 g/mol. The van der Waals surface area contributed by atoms with Crippen molar-refractivity contribution in [2.45, 2.75) is 33.6 Å². The minimum absolute atomic E-state index is 0.0825. The average molecular weight is 381 g/mol. The van der Waals surface area contributed by atoms with Crippen LogP contribution < -0.4 is 10.2 Å². The standard InChI is InChI=1S/C21H23N3O4/c1-13(2)12-23-19-9-8-16(11-15(19)7-10-20(23)25)22-21(26)17-5-4-6-18(14(17)3)24(27)28/h4-6,8-9,11,13H,7,10,12H2,1-3H3,(H,22,26). The predicted octanol–water partition coefficient (Wildman–Crippen LogP) is 4.09. The van der Waals surface area contributed by atoms with Crippen LogP contribution in [0.2, 0.25) is 0 Å². The number of nitro groups is 1. The summed E-state index contributed by atoms with van der Waals surface area (Å²) < 4.78 is 0. The number of nitro benzene ring substituents is 1. The quantitative estimate of drug-likeness (QED) is 0.623. The third-order valence-electron chi connectivity index (χ3n) is 4.83. The van der Waals surface area contributed by atoms with Gasteiger partial charge in [-0.2, -0.15) is 0 Å². The smallest absolute Gasteiger partial charge is 0.273 e. The van der Waals surface area contributed by atoms with E-state index >= 15 is 0 Å². The van der Waals surface area contributed by atoms with E-state index in [-0.39, 0.29) is 17.2 Å². The second-order valence-corrected chi connectivity index (χ2v) is 7.40. The van der Waals surface area contributed by atoms with E-state index in [1.807, 2.05) is 12.1 Å². The van der Waals surface area contributed by atoms with E-state index in [2.05, 4.69) is 19.2 Å². The first-order chi connectivity index (χ1) is 13.3. The Hall–Kier alpha value is -3.22. The van der Waals surface area contributed by atoms with Crippen LogP contribution in [0.5, 0.6) is 0 Å². The third-order valence-corrected chi connectivity index (χ3v) is 4.83. The molecule has 0 unspecified atom stereocenters. The zero-order chi connectivity index (χ0) is 20.4. The van der Waals surface area contributed by atoms with E-state index in [0.717, 1.165) is 11.3 Å². The molecule has 0 atom stereocenters. The fraction of sp³-hybridized carbons (Fsp3) is 0.333. The maximum atomic E-state index is 12.6. The number of carbonyl (C=O) groups is 2. The molecule has 0 bridgehead atoms. The van der Waals surface area contributed by atoms with Gasteiger partial charge in [0.1, 0.15) is 0 Å². The lowest BCUT2D eigenvalue weighted by atomic mass is 9.99. The molecule has 146 valence electrons. The van der Waals surface area contributed by atoms with Crippen LogP contribution >= 0.6 is 0 Å². The first-order valence-electron chi connectivity index (χ1n) is 9.26. The summed E-state index contributed by atoms with van der Waals surface area (Å²) in [6.07, 6.45) is 1.07. The molecule has 1 heterocycles. The van der Waals surface area contributed by atoms with Crippen molar-refractivity contribution in [1.82, 2.24) is 0 Å². The minimum Gasteiger partial charge on any atom is -0.322 e. The van der Waals surface area contributed by atoms with Gasteiger partial charge in [-0.25, -0.2) is 0 Å². The number of nitrogens with zero attached hydrogens (tertiary/aromatic N) is 2. The van der Waals surface area contributed by atoms with Crippen molar-refractivity contribution in [3.8, 4) is 0 Å². The number of benzene rings is 2. The van der Waals surface area contributed by atoms with E-state index < -0.39 is 10.8 Å². The van der Waals surface area contributed by atoms with Gasteiger partial charge in [-0.15, -0.1) is 0 Å². The third kappa shape index (κ3) is 3.88. The van der Waals surface area contributed by atoms with Crippen molar-refractivity contribution < 1.29 is 14.5 Å². The number of nitrogens with one attached hydrogen (secondary N) is 1. The summed E-state index contributed by atoms with van der Waals surface area (Å²) in [5.74, 6) is 0.0726. The Labute approximate surface area is 163 Å². The highest BCUT2D eigenvalue weighted by molar-refractivity contribution is 6.06. The van der Waals surface area contributed by atoms with Crippen LogP contribution in [0, 0.1) is 23.0 Å². The van der Waals surface area contributed by atoms with Gasteiger partial charge in [0.2, 0.25) is 5.91 Å². The summed E-state index contributed by atoms with van der Waals surface area (Å²) >= 11 is 0. The average Bonchev–Trinajstić information content (AvgIpc) is 2.63. The highest BCUT2D eigenvalue weighted by Crippen LogP contribution is 2.31. The molecular formula is C21H23N3O4. The SMILES string of the molecule is Cc1c(C(=O)Nc2ccc3c(c2)CCC(=O)N3CC(C)C)cccc1[N+](=O)[O-]. The molecule has 2 amide bonds. The monoisotopic (exact) mass is 381 g/mol. The lowest BCUT2D eigenvalue weighted by Crippen LogP contribution is -2.37. The van der Waals surface area contributed by atoms with Gasteiger partial charge in [-0.05, 0) is 49.1 Å². The number of rotatable bonds is 5. The Kier molecular flexibility index (Phi) is 5.44. The first-order valence-corrected chi connectivity index (χ1v) is 9.26. The van der Waals surface area contributed by atoms with Crippen LogP contribution in [0.15, 0.2) is 36.4 Å². The molecule has 7 nitrogen and oxygen atoms in total. The van der Waals surface area contributed by atoms with Crippen LogP contribution in [0.4, 0.5) is 17.1 Å².